The molecular formula is C31H33N5O8. The second-order valence-electron chi connectivity index (χ2n) is 11.0. The van der Waals surface area contributed by atoms with Crippen LogP contribution in [0.3, 0.4) is 0 Å². The molecular weight excluding hydrogens is 570 g/mol. The number of hydrogen-bond acceptors (Lipinski definition) is 8. The zero-order valence-electron chi connectivity index (χ0n) is 24.2. The number of nitrogens with zero attached hydrogens (tertiary/aromatic N) is 3. The molecule has 0 unspecified atom stereocenters. The summed E-state index contributed by atoms with van der Waals surface area (Å²) in [7, 11) is 0. The molecule has 2 saturated heterocycles. The number of hydrogen-bond donors (Lipinski definition) is 3. The van der Waals surface area contributed by atoms with Gasteiger partial charge in [-0.25, -0.2) is 9.99 Å². The molecule has 2 aromatic carbocycles. The van der Waals surface area contributed by atoms with E-state index in [0.717, 1.165) is 16.1 Å². The number of carbonyl (C=O) groups excluding carboxylic acids is 5. The van der Waals surface area contributed by atoms with Crippen molar-refractivity contribution in [3.63, 3.8) is 0 Å². The molecule has 3 heterocycles. The van der Waals surface area contributed by atoms with Crippen molar-refractivity contribution in [2.75, 3.05) is 6.54 Å². The summed E-state index contributed by atoms with van der Waals surface area (Å²) in [5, 5.41) is 17.0. The number of benzene rings is 2. The Balaban J connectivity index is 1.33. The van der Waals surface area contributed by atoms with Crippen molar-refractivity contribution in [3.05, 3.63) is 65.5 Å². The number of aliphatic carboxylic acids is 1. The number of rotatable bonds is 10. The molecule has 5 rings (SSSR count). The van der Waals surface area contributed by atoms with E-state index >= 15 is 0 Å². The van der Waals surface area contributed by atoms with E-state index in [-0.39, 0.29) is 49.9 Å². The standard InChI is InChI=1S/C31H33N5O8/c1-18-7-5-10-20-28(18)44-30(34-20)27(41)22(17-26(39)40)33-29(42)23-11-6-16-35-25(38)15-13-21(31(43)36(23)35)32-24(37)14-12-19-8-3-2-4-9-19/h2-5,7-10,21-23H,6,11-17H2,1H3,(H,32,37)(H,33,42)(H,39,40)/t21-,22-,23-/m0/s1. The smallest absolute Gasteiger partial charge is 0.305 e. The summed E-state index contributed by atoms with van der Waals surface area (Å²) in [6.07, 6.45) is 0.433. The van der Waals surface area contributed by atoms with E-state index in [2.05, 4.69) is 15.6 Å². The summed E-state index contributed by atoms with van der Waals surface area (Å²) in [4.78, 5) is 82.4. The summed E-state index contributed by atoms with van der Waals surface area (Å²) in [5.74, 6) is -4.72. The number of oxazole rings is 1. The van der Waals surface area contributed by atoms with Gasteiger partial charge < -0.3 is 20.2 Å². The van der Waals surface area contributed by atoms with Crippen LogP contribution in [0, 0.1) is 6.92 Å². The molecule has 0 aliphatic carbocycles. The second-order valence-corrected chi connectivity index (χ2v) is 11.0. The average Bonchev–Trinajstić information content (AvgIpc) is 3.42. The van der Waals surface area contributed by atoms with Crippen LogP contribution >= 0.6 is 0 Å². The molecule has 44 heavy (non-hydrogen) atoms. The van der Waals surface area contributed by atoms with Gasteiger partial charge in [0.25, 0.3) is 11.8 Å². The highest BCUT2D eigenvalue weighted by atomic mass is 16.4. The minimum Gasteiger partial charge on any atom is -0.481 e. The van der Waals surface area contributed by atoms with Crippen molar-refractivity contribution in [2.24, 2.45) is 0 Å². The summed E-state index contributed by atoms with van der Waals surface area (Å²) < 4.78 is 5.62. The summed E-state index contributed by atoms with van der Waals surface area (Å²) >= 11 is 0. The van der Waals surface area contributed by atoms with Crippen LogP contribution < -0.4 is 10.6 Å². The molecule has 2 fully saturated rings. The molecule has 0 bridgehead atoms. The lowest BCUT2D eigenvalue weighted by Crippen LogP contribution is -2.64. The maximum absolute atomic E-state index is 13.8. The van der Waals surface area contributed by atoms with Gasteiger partial charge in [0, 0.05) is 19.4 Å². The molecule has 1 aromatic heterocycles. The lowest BCUT2D eigenvalue weighted by molar-refractivity contribution is -0.176. The van der Waals surface area contributed by atoms with Crippen molar-refractivity contribution < 1.29 is 38.3 Å². The van der Waals surface area contributed by atoms with Gasteiger partial charge in [0.1, 0.15) is 23.6 Å². The number of nitrogens with one attached hydrogen (secondary N) is 2. The van der Waals surface area contributed by atoms with E-state index in [4.69, 9.17) is 4.42 Å². The second kappa shape index (κ2) is 13.1. The van der Waals surface area contributed by atoms with E-state index in [9.17, 15) is 33.9 Å². The van der Waals surface area contributed by atoms with Crippen molar-refractivity contribution in [3.8, 4) is 0 Å². The van der Waals surface area contributed by atoms with E-state index in [1.165, 1.54) is 5.01 Å². The summed E-state index contributed by atoms with van der Waals surface area (Å²) in [6.45, 7) is 1.97. The first kappa shape index (κ1) is 30.4. The number of Topliss-reactive ketones (excluding diaryl/α,β-unsaturated/α-hetero) is 1. The predicted molar refractivity (Wildman–Crippen MR) is 155 cm³/mol. The number of hydrazine groups is 1. The third-order valence-corrected chi connectivity index (χ3v) is 7.82. The van der Waals surface area contributed by atoms with Crippen molar-refractivity contribution >= 4 is 46.5 Å². The SMILES string of the molecule is Cc1cccc2nc(C(=O)[C@H](CC(=O)O)NC(=O)[C@@H]3CCCN4C(=O)CC[C@H](NC(=O)CCc5ccccc5)C(=O)N34)oc12. The first-order valence-corrected chi connectivity index (χ1v) is 14.5. The van der Waals surface area contributed by atoms with Crippen LogP contribution in [0.5, 0.6) is 0 Å². The molecule has 2 aliphatic heterocycles. The molecule has 0 spiro atoms. The maximum Gasteiger partial charge on any atom is 0.305 e. The molecule has 13 heteroatoms. The Bertz CT molecular complexity index is 1600. The van der Waals surface area contributed by atoms with Crippen LogP contribution in [-0.2, 0) is 30.4 Å². The van der Waals surface area contributed by atoms with Crippen molar-refractivity contribution in [2.45, 2.75) is 70.0 Å². The van der Waals surface area contributed by atoms with Gasteiger partial charge in [0.15, 0.2) is 5.58 Å². The molecule has 0 saturated carbocycles. The van der Waals surface area contributed by atoms with Gasteiger partial charge >= 0.3 is 5.97 Å². The maximum atomic E-state index is 13.8. The minimum absolute atomic E-state index is 0.0164. The lowest BCUT2D eigenvalue weighted by atomic mass is 10.0. The van der Waals surface area contributed by atoms with Gasteiger partial charge in [-0.15, -0.1) is 0 Å². The fraction of sp³-hybridized carbons (Fsp3) is 0.387. The van der Waals surface area contributed by atoms with E-state index < -0.39 is 48.1 Å². The first-order valence-electron chi connectivity index (χ1n) is 14.5. The number of ketones is 1. The van der Waals surface area contributed by atoms with Crippen LogP contribution in [0.15, 0.2) is 52.9 Å². The van der Waals surface area contributed by atoms with Crippen molar-refractivity contribution in [1.82, 2.24) is 25.6 Å². The number of aromatic nitrogens is 1. The Kier molecular flexibility index (Phi) is 9.02. The molecule has 4 amide bonds. The van der Waals surface area contributed by atoms with Crippen molar-refractivity contribution in [1.29, 1.82) is 0 Å². The molecule has 3 aromatic rings. The Morgan fingerprint density at radius 2 is 1.84 bits per heavy atom. The van der Waals surface area contributed by atoms with Gasteiger partial charge in [-0.3, -0.25) is 33.8 Å². The lowest BCUT2D eigenvalue weighted by Gasteiger charge is -2.43. The van der Waals surface area contributed by atoms with E-state index in [0.29, 0.717) is 23.9 Å². The number of carbonyl (C=O) groups is 6. The number of carboxylic acids is 1. The molecule has 13 nitrogen and oxygen atoms in total. The summed E-state index contributed by atoms with van der Waals surface area (Å²) in [6, 6.07) is 10.7. The van der Waals surface area contributed by atoms with Crippen LogP contribution in [0.25, 0.3) is 11.1 Å². The molecule has 3 N–H and O–H groups in total. The number of fused-ring (bicyclic) bond motifs is 2. The number of aryl methyl sites for hydroxylation is 2. The van der Waals surface area contributed by atoms with Crippen LogP contribution in [0.4, 0.5) is 0 Å². The largest absolute Gasteiger partial charge is 0.481 e. The minimum atomic E-state index is -1.55. The molecule has 230 valence electrons. The predicted octanol–water partition coefficient (Wildman–Crippen LogP) is 1.92. The highest BCUT2D eigenvalue weighted by Gasteiger charge is 2.45. The zero-order chi connectivity index (χ0) is 31.4. The Labute approximate surface area is 252 Å². The number of para-hydroxylation sites is 1. The molecule has 2 aliphatic rings. The quantitative estimate of drug-likeness (QED) is 0.292. The monoisotopic (exact) mass is 603 g/mol. The normalized spacial score (nSPS) is 19.2. The van der Waals surface area contributed by atoms with Gasteiger partial charge in [0.05, 0.1) is 6.42 Å². The Morgan fingerprint density at radius 3 is 2.57 bits per heavy atom. The van der Waals surface area contributed by atoms with E-state index in [1.807, 2.05) is 30.3 Å². The van der Waals surface area contributed by atoms with Crippen LogP contribution in [0.2, 0.25) is 0 Å². The third-order valence-electron chi connectivity index (χ3n) is 7.82. The van der Waals surface area contributed by atoms with Gasteiger partial charge in [-0.2, -0.15) is 0 Å². The topological polar surface area (TPSA) is 179 Å². The number of carboxylic acid groups (broad SMARTS) is 1. The summed E-state index contributed by atoms with van der Waals surface area (Å²) in [5.41, 5.74) is 2.45. The highest BCUT2D eigenvalue weighted by Crippen LogP contribution is 2.26. The van der Waals surface area contributed by atoms with Gasteiger partial charge in [0.2, 0.25) is 23.5 Å². The molecule has 3 atom stereocenters. The Hall–Kier alpha value is -5.07. The van der Waals surface area contributed by atoms with E-state index in [1.54, 1.807) is 25.1 Å². The zero-order valence-corrected chi connectivity index (χ0v) is 24.2. The fourth-order valence-corrected chi connectivity index (χ4v) is 5.57. The first-order chi connectivity index (χ1) is 21.1. The third kappa shape index (κ3) is 6.61. The van der Waals surface area contributed by atoms with Crippen LogP contribution in [0.1, 0.15) is 60.3 Å². The fourth-order valence-electron chi connectivity index (χ4n) is 5.57. The highest BCUT2D eigenvalue weighted by molar-refractivity contribution is 6.03. The van der Waals surface area contributed by atoms with Gasteiger partial charge in [-0.05, 0) is 49.8 Å². The van der Waals surface area contributed by atoms with Gasteiger partial charge in [-0.1, -0.05) is 42.5 Å². The Morgan fingerprint density at radius 1 is 1.07 bits per heavy atom. The average molecular weight is 604 g/mol. The number of amides is 4. The van der Waals surface area contributed by atoms with Crippen LogP contribution in [-0.4, -0.2) is 80.2 Å². The molecule has 0 radical (unpaired) electrons.